The number of para-hydroxylation sites is 1. The monoisotopic (exact) mass is 551 g/mol. The quantitative estimate of drug-likeness (QED) is 0.226. The lowest BCUT2D eigenvalue weighted by atomic mass is 10.1. The molecule has 0 aliphatic carbocycles. The maximum atomic E-state index is 11.7. The first-order valence-electron chi connectivity index (χ1n) is 9.00. The zero-order valence-corrected chi connectivity index (χ0v) is 20.6. The minimum Gasteiger partial charge on any atom is -0.490 e. The van der Waals surface area contributed by atoms with Gasteiger partial charge in [-0.1, -0.05) is 35.9 Å². The van der Waals surface area contributed by atoms with Crippen LogP contribution in [0.3, 0.4) is 0 Å². The number of benzene rings is 2. The van der Waals surface area contributed by atoms with Crippen LogP contribution in [0.4, 0.5) is 0 Å². The zero-order valence-electron chi connectivity index (χ0n) is 16.7. The molecule has 2 aromatic carbocycles. The third-order valence-corrected chi connectivity index (χ3v) is 5.46. The Morgan fingerprint density at radius 1 is 1.17 bits per heavy atom. The van der Waals surface area contributed by atoms with Gasteiger partial charge in [-0.3, -0.25) is 0 Å². The van der Waals surface area contributed by atoms with Gasteiger partial charge < -0.3 is 15.4 Å². The first-order valence-corrected chi connectivity index (χ1v) is 11.3. The normalized spacial score (nSPS) is 11.5. The van der Waals surface area contributed by atoms with E-state index in [0.29, 0.717) is 41.3 Å². The smallest absolute Gasteiger partial charge is 0.191 e. The van der Waals surface area contributed by atoms with E-state index in [0.717, 1.165) is 17.7 Å². The Hall–Kier alpha value is -1.52. The second-order valence-corrected chi connectivity index (χ2v) is 8.66. The summed E-state index contributed by atoms with van der Waals surface area (Å²) in [5.41, 5.74) is 1.66. The van der Waals surface area contributed by atoms with Crippen molar-refractivity contribution in [3.63, 3.8) is 0 Å². The standard InChI is InChI=1S/C20H26ClN3O3S.HI/c1-4-22-20(23-11-12-27-18-8-6-5-7-17(18)21)24-14-16-9-10-19(15(2)13-16)28(3,25)26;/h5-10,13H,4,11-12,14H2,1-3H3,(H2,22,23,24);1H. The van der Waals surface area contributed by atoms with Gasteiger partial charge in [0.15, 0.2) is 15.8 Å². The van der Waals surface area contributed by atoms with Gasteiger partial charge >= 0.3 is 0 Å². The Kier molecular flexibility index (Phi) is 10.8. The van der Waals surface area contributed by atoms with Gasteiger partial charge in [-0.05, 0) is 43.2 Å². The summed E-state index contributed by atoms with van der Waals surface area (Å²) >= 11 is 6.07. The largest absolute Gasteiger partial charge is 0.490 e. The molecule has 160 valence electrons. The Balaban J connectivity index is 0.00000420. The fourth-order valence-electron chi connectivity index (χ4n) is 2.63. The Bertz CT molecular complexity index is 936. The SMILES string of the molecule is CCNC(=NCc1ccc(S(C)(=O)=O)c(C)c1)NCCOc1ccccc1Cl.I. The van der Waals surface area contributed by atoms with E-state index in [1.807, 2.05) is 31.2 Å². The van der Waals surface area contributed by atoms with Crippen molar-refractivity contribution >= 4 is 51.4 Å². The molecule has 0 radical (unpaired) electrons. The number of aliphatic imine (C=N–C) groups is 1. The third-order valence-electron chi connectivity index (χ3n) is 3.89. The second-order valence-electron chi connectivity index (χ2n) is 6.27. The minimum absolute atomic E-state index is 0. The summed E-state index contributed by atoms with van der Waals surface area (Å²) < 4.78 is 29.1. The molecule has 6 nitrogen and oxygen atoms in total. The van der Waals surface area contributed by atoms with Gasteiger partial charge in [0.05, 0.1) is 23.0 Å². The molecule has 0 aliphatic rings. The molecule has 0 saturated carbocycles. The molecule has 0 heterocycles. The van der Waals surface area contributed by atoms with Crippen LogP contribution in [-0.2, 0) is 16.4 Å². The highest BCUT2D eigenvalue weighted by Gasteiger charge is 2.10. The molecule has 0 aromatic heterocycles. The molecule has 0 aliphatic heterocycles. The lowest BCUT2D eigenvalue weighted by Crippen LogP contribution is -2.39. The summed E-state index contributed by atoms with van der Waals surface area (Å²) in [7, 11) is -3.21. The van der Waals surface area contributed by atoms with Crippen molar-refractivity contribution in [2.75, 3.05) is 26.0 Å². The summed E-state index contributed by atoms with van der Waals surface area (Å²) in [6.07, 6.45) is 1.21. The van der Waals surface area contributed by atoms with Crippen LogP contribution in [-0.4, -0.2) is 40.3 Å². The number of nitrogens with one attached hydrogen (secondary N) is 2. The van der Waals surface area contributed by atoms with Crippen molar-refractivity contribution in [2.24, 2.45) is 4.99 Å². The highest BCUT2D eigenvalue weighted by Crippen LogP contribution is 2.22. The molecule has 0 spiro atoms. The van der Waals surface area contributed by atoms with Gasteiger partial charge in [-0.15, -0.1) is 24.0 Å². The van der Waals surface area contributed by atoms with E-state index in [1.165, 1.54) is 6.26 Å². The van der Waals surface area contributed by atoms with E-state index >= 15 is 0 Å². The first-order chi connectivity index (χ1) is 13.3. The average molecular weight is 552 g/mol. The molecular weight excluding hydrogens is 525 g/mol. The van der Waals surface area contributed by atoms with Crippen LogP contribution >= 0.6 is 35.6 Å². The predicted octanol–water partition coefficient (Wildman–Crippen LogP) is 3.80. The lowest BCUT2D eigenvalue weighted by Gasteiger charge is -2.13. The van der Waals surface area contributed by atoms with E-state index in [-0.39, 0.29) is 24.0 Å². The van der Waals surface area contributed by atoms with Crippen LogP contribution < -0.4 is 15.4 Å². The second kappa shape index (κ2) is 12.2. The third kappa shape index (κ3) is 8.39. The van der Waals surface area contributed by atoms with Crippen molar-refractivity contribution in [3.8, 4) is 5.75 Å². The molecule has 2 aromatic rings. The van der Waals surface area contributed by atoms with Gasteiger partial charge in [-0.2, -0.15) is 0 Å². The van der Waals surface area contributed by atoms with Gasteiger partial charge in [0.25, 0.3) is 0 Å². The highest BCUT2D eigenvalue weighted by molar-refractivity contribution is 14.0. The van der Waals surface area contributed by atoms with E-state index in [2.05, 4.69) is 15.6 Å². The van der Waals surface area contributed by atoms with Crippen molar-refractivity contribution in [1.29, 1.82) is 0 Å². The predicted molar refractivity (Wildman–Crippen MR) is 129 cm³/mol. The summed E-state index contributed by atoms with van der Waals surface area (Å²) in [6, 6.07) is 12.6. The fourth-order valence-corrected chi connectivity index (χ4v) is 3.78. The lowest BCUT2D eigenvalue weighted by molar-refractivity contribution is 0.322. The van der Waals surface area contributed by atoms with Crippen molar-refractivity contribution in [3.05, 3.63) is 58.6 Å². The highest BCUT2D eigenvalue weighted by atomic mass is 127. The topological polar surface area (TPSA) is 79.8 Å². The number of aryl methyl sites for hydroxylation is 1. The Morgan fingerprint density at radius 3 is 2.52 bits per heavy atom. The number of hydrogen-bond acceptors (Lipinski definition) is 4. The molecule has 9 heteroatoms. The Labute approximate surface area is 195 Å². The fraction of sp³-hybridized carbons (Fsp3) is 0.350. The number of halogens is 2. The Morgan fingerprint density at radius 2 is 1.90 bits per heavy atom. The maximum absolute atomic E-state index is 11.7. The number of ether oxygens (including phenoxy) is 1. The van der Waals surface area contributed by atoms with Crippen molar-refractivity contribution < 1.29 is 13.2 Å². The molecule has 0 fully saturated rings. The van der Waals surface area contributed by atoms with Crippen LogP contribution in [0.2, 0.25) is 5.02 Å². The van der Waals surface area contributed by atoms with Crippen LogP contribution in [0.15, 0.2) is 52.4 Å². The van der Waals surface area contributed by atoms with Crippen LogP contribution in [0, 0.1) is 6.92 Å². The van der Waals surface area contributed by atoms with Gasteiger partial charge in [0, 0.05) is 12.8 Å². The molecular formula is C20H27ClIN3O3S. The number of hydrogen-bond donors (Lipinski definition) is 2. The number of nitrogens with zero attached hydrogens (tertiary/aromatic N) is 1. The van der Waals surface area contributed by atoms with Gasteiger partial charge in [-0.25, -0.2) is 13.4 Å². The van der Waals surface area contributed by atoms with Crippen LogP contribution in [0.5, 0.6) is 5.75 Å². The molecule has 2 N–H and O–H groups in total. The number of guanidine groups is 1. The van der Waals surface area contributed by atoms with Crippen LogP contribution in [0.1, 0.15) is 18.1 Å². The molecule has 0 saturated heterocycles. The molecule has 0 amide bonds. The van der Waals surface area contributed by atoms with Gasteiger partial charge in [0.2, 0.25) is 0 Å². The number of rotatable bonds is 8. The summed E-state index contributed by atoms with van der Waals surface area (Å²) in [4.78, 5) is 4.89. The maximum Gasteiger partial charge on any atom is 0.191 e. The molecule has 0 unspecified atom stereocenters. The summed E-state index contributed by atoms with van der Waals surface area (Å²) in [5, 5.41) is 6.96. The molecule has 0 bridgehead atoms. The van der Waals surface area contributed by atoms with Crippen LogP contribution in [0.25, 0.3) is 0 Å². The van der Waals surface area contributed by atoms with E-state index in [9.17, 15) is 8.42 Å². The zero-order chi connectivity index (χ0) is 20.6. The summed E-state index contributed by atoms with van der Waals surface area (Å²) in [6.45, 7) is 5.94. The van der Waals surface area contributed by atoms with Gasteiger partial charge in [0.1, 0.15) is 12.4 Å². The average Bonchev–Trinajstić information content (AvgIpc) is 2.63. The van der Waals surface area contributed by atoms with E-state index in [4.69, 9.17) is 16.3 Å². The molecule has 0 atom stereocenters. The van der Waals surface area contributed by atoms with E-state index < -0.39 is 9.84 Å². The van der Waals surface area contributed by atoms with Crippen molar-refractivity contribution in [2.45, 2.75) is 25.3 Å². The summed E-state index contributed by atoms with van der Waals surface area (Å²) in [5.74, 6) is 1.31. The van der Waals surface area contributed by atoms with Crippen molar-refractivity contribution in [1.82, 2.24) is 10.6 Å². The number of sulfone groups is 1. The van der Waals surface area contributed by atoms with E-state index in [1.54, 1.807) is 25.1 Å². The molecule has 29 heavy (non-hydrogen) atoms. The minimum atomic E-state index is -3.21. The molecule has 2 rings (SSSR count). The first kappa shape index (κ1) is 25.5.